The van der Waals surface area contributed by atoms with E-state index in [1.54, 1.807) is 11.3 Å². The molecule has 6 heteroatoms. The zero-order chi connectivity index (χ0) is 16.4. The van der Waals surface area contributed by atoms with Gasteiger partial charge in [-0.2, -0.15) is 0 Å². The van der Waals surface area contributed by atoms with Crippen LogP contribution in [0.2, 0.25) is 0 Å². The van der Waals surface area contributed by atoms with Crippen molar-refractivity contribution in [3.63, 3.8) is 0 Å². The number of thiazole rings is 1. The highest BCUT2D eigenvalue weighted by Gasteiger charge is 2.36. The summed E-state index contributed by atoms with van der Waals surface area (Å²) in [5.41, 5.74) is 1.23. The Hall–Kier alpha value is -2.08. The van der Waals surface area contributed by atoms with Crippen molar-refractivity contribution in [1.82, 2.24) is 15.2 Å². The van der Waals surface area contributed by atoms with Gasteiger partial charge in [-0.05, 0) is 30.9 Å². The van der Waals surface area contributed by atoms with E-state index in [2.05, 4.69) is 39.5 Å². The van der Waals surface area contributed by atoms with Gasteiger partial charge in [0, 0.05) is 43.4 Å². The maximum Gasteiger partial charge on any atom is 0.318 e. The number of carbonyl (C=O) groups is 1. The van der Waals surface area contributed by atoms with Gasteiger partial charge >= 0.3 is 6.03 Å². The smallest absolute Gasteiger partial charge is 0.318 e. The van der Waals surface area contributed by atoms with Crippen LogP contribution in [-0.2, 0) is 0 Å². The molecule has 1 saturated heterocycles. The highest BCUT2D eigenvalue weighted by Crippen LogP contribution is 2.41. The summed E-state index contributed by atoms with van der Waals surface area (Å²) in [6, 6.07) is 10.5. The number of carbonyl (C=O) groups excluding carboxylic acids is 1. The third kappa shape index (κ3) is 3.38. The van der Waals surface area contributed by atoms with Crippen LogP contribution in [0.4, 0.5) is 10.5 Å². The van der Waals surface area contributed by atoms with Crippen LogP contribution in [0.5, 0.6) is 0 Å². The van der Waals surface area contributed by atoms with Gasteiger partial charge in [0.05, 0.1) is 6.04 Å². The third-order valence-corrected chi connectivity index (χ3v) is 5.64. The lowest BCUT2D eigenvalue weighted by molar-refractivity contribution is 0.188. The maximum absolute atomic E-state index is 12.7. The molecule has 1 unspecified atom stereocenters. The Labute approximate surface area is 146 Å². The number of rotatable bonds is 4. The number of benzene rings is 1. The van der Waals surface area contributed by atoms with Gasteiger partial charge in [0.25, 0.3) is 0 Å². The molecule has 2 amide bonds. The normalized spacial score (nSPS) is 19.2. The second-order valence-corrected chi connectivity index (χ2v) is 7.37. The number of aromatic nitrogens is 1. The Kier molecular flexibility index (Phi) is 4.38. The fourth-order valence-electron chi connectivity index (χ4n) is 3.23. The molecule has 126 valence electrons. The summed E-state index contributed by atoms with van der Waals surface area (Å²) in [5, 5.41) is 6.24. The summed E-state index contributed by atoms with van der Waals surface area (Å²) in [7, 11) is 0. The number of hydrogen-bond donors (Lipinski definition) is 1. The molecule has 4 rings (SSSR count). The van der Waals surface area contributed by atoms with Crippen molar-refractivity contribution < 1.29 is 4.79 Å². The first-order valence-electron chi connectivity index (χ1n) is 8.56. The summed E-state index contributed by atoms with van der Waals surface area (Å²) in [5.74, 6) is 0.561. The molecular formula is C18H22N4OS. The fourth-order valence-corrected chi connectivity index (χ4v) is 4.01. The number of urea groups is 1. The van der Waals surface area contributed by atoms with E-state index >= 15 is 0 Å². The van der Waals surface area contributed by atoms with E-state index in [-0.39, 0.29) is 12.1 Å². The first-order chi connectivity index (χ1) is 11.8. The molecule has 0 bridgehead atoms. The van der Waals surface area contributed by atoms with Crippen molar-refractivity contribution in [2.45, 2.75) is 18.9 Å². The molecule has 5 nitrogen and oxygen atoms in total. The molecule has 1 atom stereocenters. The van der Waals surface area contributed by atoms with Gasteiger partial charge in [-0.1, -0.05) is 18.2 Å². The Morgan fingerprint density at radius 1 is 1.17 bits per heavy atom. The molecule has 1 aromatic heterocycles. The first kappa shape index (κ1) is 15.4. The minimum absolute atomic E-state index is 0.0508. The highest BCUT2D eigenvalue weighted by atomic mass is 32.1. The zero-order valence-electron chi connectivity index (χ0n) is 13.6. The van der Waals surface area contributed by atoms with Crippen LogP contribution in [0.1, 0.15) is 23.9 Å². The molecule has 2 aromatic rings. The molecule has 2 fully saturated rings. The SMILES string of the molecule is O=C(NC(c1nccs1)C1CC1)N1CCN(c2ccccc2)CC1. The second kappa shape index (κ2) is 6.81. The van der Waals surface area contributed by atoms with E-state index in [1.807, 2.05) is 22.5 Å². The second-order valence-electron chi connectivity index (χ2n) is 6.44. The van der Waals surface area contributed by atoms with Crippen LogP contribution in [0.15, 0.2) is 41.9 Å². The van der Waals surface area contributed by atoms with E-state index in [4.69, 9.17) is 0 Å². The molecule has 2 heterocycles. The van der Waals surface area contributed by atoms with Gasteiger partial charge in [-0.25, -0.2) is 9.78 Å². The van der Waals surface area contributed by atoms with E-state index in [0.717, 1.165) is 31.2 Å². The van der Waals surface area contributed by atoms with Crippen LogP contribution in [0, 0.1) is 5.92 Å². The van der Waals surface area contributed by atoms with E-state index in [0.29, 0.717) is 5.92 Å². The number of para-hydroxylation sites is 1. The van der Waals surface area contributed by atoms with Crippen molar-refractivity contribution >= 4 is 23.1 Å². The minimum atomic E-state index is 0.0508. The minimum Gasteiger partial charge on any atom is -0.368 e. The summed E-state index contributed by atoms with van der Waals surface area (Å²) < 4.78 is 0. The van der Waals surface area contributed by atoms with E-state index < -0.39 is 0 Å². The average Bonchev–Trinajstić information content (AvgIpc) is 3.34. The Morgan fingerprint density at radius 3 is 2.54 bits per heavy atom. The van der Waals surface area contributed by atoms with Crippen LogP contribution in [0.25, 0.3) is 0 Å². The molecule has 2 aliphatic rings. The van der Waals surface area contributed by atoms with Gasteiger partial charge in [0.2, 0.25) is 0 Å². The number of nitrogens with zero attached hydrogens (tertiary/aromatic N) is 3. The largest absolute Gasteiger partial charge is 0.368 e. The van der Waals surface area contributed by atoms with Gasteiger partial charge < -0.3 is 15.1 Å². The van der Waals surface area contributed by atoms with Gasteiger partial charge in [-0.3, -0.25) is 0 Å². The van der Waals surface area contributed by atoms with Gasteiger partial charge in [-0.15, -0.1) is 11.3 Å². The summed E-state index contributed by atoms with van der Waals surface area (Å²) in [6.45, 7) is 3.28. The molecule has 24 heavy (non-hydrogen) atoms. The number of piperazine rings is 1. The van der Waals surface area contributed by atoms with E-state index in [1.165, 1.54) is 18.5 Å². The van der Waals surface area contributed by atoms with Crippen LogP contribution < -0.4 is 10.2 Å². The first-order valence-corrected chi connectivity index (χ1v) is 9.44. The molecule has 1 N–H and O–H groups in total. The topological polar surface area (TPSA) is 48.5 Å². The Morgan fingerprint density at radius 2 is 1.92 bits per heavy atom. The van der Waals surface area contributed by atoms with Crippen molar-refractivity contribution in [2.75, 3.05) is 31.1 Å². The fraction of sp³-hybridized carbons (Fsp3) is 0.444. The maximum atomic E-state index is 12.7. The number of hydrogen-bond acceptors (Lipinski definition) is 4. The zero-order valence-corrected chi connectivity index (χ0v) is 14.4. The van der Waals surface area contributed by atoms with E-state index in [9.17, 15) is 4.79 Å². The standard InChI is InChI=1S/C18H22N4OS/c23-18(20-16(14-6-7-14)17-19-8-13-24-17)22-11-9-21(10-12-22)15-4-2-1-3-5-15/h1-5,8,13-14,16H,6-7,9-12H2,(H,20,23). The van der Waals surface area contributed by atoms with Crippen molar-refractivity contribution in [3.8, 4) is 0 Å². The summed E-state index contributed by atoms with van der Waals surface area (Å²) in [4.78, 5) is 21.3. The highest BCUT2D eigenvalue weighted by molar-refractivity contribution is 7.09. The Balaban J connectivity index is 1.34. The van der Waals surface area contributed by atoms with Crippen LogP contribution in [0.3, 0.4) is 0 Å². The van der Waals surface area contributed by atoms with Crippen molar-refractivity contribution in [2.24, 2.45) is 5.92 Å². The molecule has 1 aliphatic carbocycles. The lowest BCUT2D eigenvalue weighted by atomic mass is 10.2. The van der Waals surface area contributed by atoms with Crippen LogP contribution >= 0.6 is 11.3 Å². The number of nitrogens with one attached hydrogen (secondary N) is 1. The summed E-state index contributed by atoms with van der Waals surface area (Å²) >= 11 is 1.63. The third-order valence-electron chi connectivity index (χ3n) is 4.78. The molecule has 1 aromatic carbocycles. The molecular weight excluding hydrogens is 320 g/mol. The number of anilines is 1. The lowest BCUT2D eigenvalue weighted by Crippen LogP contribution is -2.52. The molecule has 0 spiro atoms. The van der Waals surface area contributed by atoms with Gasteiger partial charge in [0.15, 0.2) is 0 Å². The predicted molar refractivity (Wildman–Crippen MR) is 96.3 cm³/mol. The molecule has 0 radical (unpaired) electrons. The molecule has 1 aliphatic heterocycles. The average molecular weight is 342 g/mol. The predicted octanol–water partition coefficient (Wildman–Crippen LogP) is 3.13. The molecule has 1 saturated carbocycles. The lowest BCUT2D eigenvalue weighted by Gasteiger charge is -2.36. The van der Waals surface area contributed by atoms with Gasteiger partial charge in [0.1, 0.15) is 5.01 Å². The van der Waals surface area contributed by atoms with Crippen molar-refractivity contribution in [3.05, 3.63) is 46.9 Å². The monoisotopic (exact) mass is 342 g/mol. The Bertz CT molecular complexity index is 664. The summed E-state index contributed by atoms with van der Waals surface area (Å²) in [6.07, 6.45) is 4.19. The number of amides is 2. The van der Waals surface area contributed by atoms with Crippen molar-refractivity contribution in [1.29, 1.82) is 0 Å². The van der Waals surface area contributed by atoms with Crippen LogP contribution in [-0.4, -0.2) is 42.1 Å². The quantitative estimate of drug-likeness (QED) is 0.929.